The zero-order valence-corrected chi connectivity index (χ0v) is 19.0. The maximum absolute atomic E-state index is 6.38. The molecule has 144 valence electrons. The summed E-state index contributed by atoms with van der Waals surface area (Å²) in [7, 11) is 0. The van der Waals surface area contributed by atoms with E-state index >= 15 is 0 Å². The SMILES string of the molecule is Cc1c(Br)cnc(NC(=S)NCC2(c3cccc(Cl)c3)CCCCC2)c1Cl. The first-order chi connectivity index (χ1) is 12.9. The summed E-state index contributed by atoms with van der Waals surface area (Å²) in [6.07, 6.45) is 7.68. The van der Waals surface area contributed by atoms with Crippen LogP contribution in [-0.4, -0.2) is 16.6 Å². The molecule has 1 aromatic carbocycles. The Hall–Kier alpha value is -0.880. The summed E-state index contributed by atoms with van der Waals surface area (Å²) in [5, 5.41) is 8.38. The number of hydrogen-bond acceptors (Lipinski definition) is 2. The molecule has 0 amide bonds. The summed E-state index contributed by atoms with van der Waals surface area (Å²) in [4.78, 5) is 4.33. The number of pyridine rings is 1. The van der Waals surface area contributed by atoms with Gasteiger partial charge in [0.05, 0.1) is 5.02 Å². The van der Waals surface area contributed by atoms with Gasteiger partial charge in [0.2, 0.25) is 0 Å². The Balaban J connectivity index is 1.72. The second-order valence-electron chi connectivity index (χ2n) is 7.05. The number of halogens is 3. The number of nitrogens with zero attached hydrogens (tertiary/aromatic N) is 1. The second kappa shape index (κ2) is 9.08. The summed E-state index contributed by atoms with van der Waals surface area (Å²) in [6, 6.07) is 8.21. The first-order valence-electron chi connectivity index (χ1n) is 9.03. The van der Waals surface area contributed by atoms with Gasteiger partial charge < -0.3 is 10.6 Å². The Labute approximate surface area is 184 Å². The van der Waals surface area contributed by atoms with Crippen molar-refractivity contribution in [1.29, 1.82) is 0 Å². The molecule has 0 radical (unpaired) electrons. The molecule has 0 unspecified atom stereocenters. The summed E-state index contributed by atoms with van der Waals surface area (Å²) < 4.78 is 0.874. The molecule has 0 atom stereocenters. The molecule has 3 nitrogen and oxygen atoms in total. The van der Waals surface area contributed by atoms with Crippen LogP contribution in [0.15, 0.2) is 34.9 Å². The highest BCUT2D eigenvalue weighted by molar-refractivity contribution is 9.10. The van der Waals surface area contributed by atoms with Crippen molar-refractivity contribution in [1.82, 2.24) is 10.3 Å². The average molecular weight is 487 g/mol. The lowest BCUT2D eigenvalue weighted by molar-refractivity contribution is 0.292. The minimum atomic E-state index is 0.0434. The highest BCUT2D eigenvalue weighted by atomic mass is 79.9. The Morgan fingerprint density at radius 3 is 2.70 bits per heavy atom. The van der Waals surface area contributed by atoms with Crippen LogP contribution in [0.1, 0.15) is 43.2 Å². The summed E-state index contributed by atoms with van der Waals surface area (Å²) in [5.41, 5.74) is 2.25. The van der Waals surface area contributed by atoms with Gasteiger partial charge in [-0.1, -0.05) is 54.6 Å². The van der Waals surface area contributed by atoms with E-state index in [9.17, 15) is 0 Å². The Bertz CT molecular complexity index is 838. The number of rotatable bonds is 4. The Morgan fingerprint density at radius 1 is 1.26 bits per heavy atom. The Kier molecular flexibility index (Phi) is 7.01. The molecule has 7 heteroatoms. The molecule has 1 heterocycles. The van der Waals surface area contributed by atoms with Crippen LogP contribution in [0.3, 0.4) is 0 Å². The maximum atomic E-state index is 6.38. The molecule has 3 rings (SSSR count). The van der Waals surface area contributed by atoms with Crippen molar-refractivity contribution in [2.24, 2.45) is 0 Å². The number of nitrogens with one attached hydrogen (secondary N) is 2. The van der Waals surface area contributed by atoms with E-state index in [4.69, 9.17) is 35.4 Å². The van der Waals surface area contributed by atoms with Crippen LogP contribution < -0.4 is 10.6 Å². The van der Waals surface area contributed by atoms with Crippen LogP contribution in [0, 0.1) is 6.92 Å². The van der Waals surface area contributed by atoms with Gasteiger partial charge in [0.15, 0.2) is 10.9 Å². The molecule has 0 bridgehead atoms. The molecule has 1 fully saturated rings. The quantitative estimate of drug-likeness (QED) is 0.474. The van der Waals surface area contributed by atoms with E-state index in [2.05, 4.69) is 43.7 Å². The van der Waals surface area contributed by atoms with Gasteiger partial charge in [0.1, 0.15) is 0 Å². The van der Waals surface area contributed by atoms with Crippen molar-refractivity contribution in [3.05, 3.63) is 56.1 Å². The molecule has 2 aromatic rings. The van der Waals surface area contributed by atoms with Crippen LogP contribution >= 0.6 is 51.3 Å². The molecule has 1 saturated carbocycles. The van der Waals surface area contributed by atoms with E-state index < -0.39 is 0 Å². The average Bonchev–Trinajstić information content (AvgIpc) is 2.68. The lowest BCUT2D eigenvalue weighted by Crippen LogP contribution is -2.43. The van der Waals surface area contributed by atoms with Crippen LogP contribution in [0.2, 0.25) is 10.0 Å². The minimum Gasteiger partial charge on any atom is -0.362 e. The minimum absolute atomic E-state index is 0.0434. The van der Waals surface area contributed by atoms with Crippen LogP contribution in [0.4, 0.5) is 5.82 Å². The molecule has 1 aromatic heterocycles. The molecule has 0 saturated heterocycles. The number of benzene rings is 1. The van der Waals surface area contributed by atoms with Crippen LogP contribution in [0.25, 0.3) is 0 Å². The molecule has 0 spiro atoms. The van der Waals surface area contributed by atoms with E-state index in [0.29, 0.717) is 16.0 Å². The second-order valence-corrected chi connectivity index (χ2v) is 9.13. The van der Waals surface area contributed by atoms with Crippen molar-refractivity contribution in [3.8, 4) is 0 Å². The van der Waals surface area contributed by atoms with Crippen LogP contribution in [0.5, 0.6) is 0 Å². The third kappa shape index (κ3) is 4.94. The summed E-state index contributed by atoms with van der Waals surface area (Å²) >= 11 is 21.6. The van der Waals surface area contributed by atoms with E-state index in [0.717, 1.165) is 34.4 Å². The van der Waals surface area contributed by atoms with Gasteiger partial charge in [-0.25, -0.2) is 4.98 Å². The first-order valence-corrected chi connectivity index (χ1v) is 11.0. The predicted molar refractivity (Wildman–Crippen MR) is 122 cm³/mol. The van der Waals surface area contributed by atoms with E-state index in [1.165, 1.54) is 24.8 Å². The van der Waals surface area contributed by atoms with Gasteiger partial charge >= 0.3 is 0 Å². The van der Waals surface area contributed by atoms with E-state index in [1.807, 2.05) is 19.1 Å². The van der Waals surface area contributed by atoms with Gasteiger partial charge in [0.25, 0.3) is 0 Å². The predicted octanol–water partition coefficient (Wildman–Crippen LogP) is 6.65. The highest BCUT2D eigenvalue weighted by Crippen LogP contribution is 2.39. The van der Waals surface area contributed by atoms with E-state index in [-0.39, 0.29) is 5.41 Å². The van der Waals surface area contributed by atoms with E-state index in [1.54, 1.807) is 6.20 Å². The van der Waals surface area contributed by atoms with Crippen molar-refractivity contribution in [3.63, 3.8) is 0 Å². The van der Waals surface area contributed by atoms with Gasteiger partial charge in [-0.15, -0.1) is 0 Å². The van der Waals surface area contributed by atoms with Crippen LogP contribution in [-0.2, 0) is 5.41 Å². The van der Waals surface area contributed by atoms with Gasteiger partial charge in [-0.3, -0.25) is 0 Å². The monoisotopic (exact) mass is 485 g/mol. The summed E-state index contributed by atoms with van der Waals surface area (Å²) in [5.74, 6) is 0.565. The smallest absolute Gasteiger partial charge is 0.172 e. The largest absolute Gasteiger partial charge is 0.362 e. The third-order valence-corrected chi connectivity index (χ3v) is 7.01. The molecule has 0 aliphatic heterocycles. The van der Waals surface area contributed by atoms with Crippen molar-refractivity contribution in [2.45, 2.75) is 44.4 Å². The fourth-order valence-corrected chi connectivity index (χ4v) is 4.63. The number of aromatic nitrogens is 1. The topological polar surface area (TPSA) is 37.0 Å². The highest BCUT2D eigenvalue weighted by Gasteiger charge is 2.34. The fourth-order valence-electron chi connectivity index (χ4n) is 3.66. The molecule has 1 aliphatic carbocycles. The number of anilines is 1. The molecule has 27 heavy (non-hydrogen) atoms. The lowest BCUT2D eigenvalue weighted by Gasteiger charge is -2.38. The first kappa shape index (κ1) is 20.8. The standard InChI is InChI=1S/C20H22BrCl2N3S/c1-13-16(21)11-24-18(17(13)23)26-19(27)25-12-20(8-3-2-4-9-20)14-6-5-7-15(22)10-14/h5-7,10-11H,2-4,8-9,12H2,1H3,(H2,24,25,26,27). The maximum Gasteiger partial charge on any atom is 0.172 e. The zero-order valence-electron chi connectivity index (χ0n) is 15.1. The molecular weight excluding hydrogens is 465 g/mol. The number of thiocarbonyl (C=S) groups is 1. The summed E-state index contributed by atoms with van der Waals surface area (Å²) in [6.45, 7) is 2.69. The van der Waals surface area contributed by atoms with Gasteiger partial charge in [-0.05, 0) is 71.2 Å². The number of hydrogen-bond donors (Lipinski definition) is 2. The molecule has 2 N–H and O–H groups in total. The van der Waals surface area contributed by atoms with Crippen molar-refractivity contribution in [2.75, 3.05) is 11.9 Å². The van der Waals surface area contributed by atoms with Crippen molar-refractivity contribution < 1.29 is 0 Å². The molecular formula is C20H22BrCl2N3S. The Morgan fingerprint density at radius 2 is 2.00 bits per heavy atom. The van der Waals surface area contributed by atoms with Gasteiger partial charge in [0, 0.05) is 27.7 Å². The van der Waals surface area contributed by atoms with Gasteiger partial charge in [-0.2, -0.15) is 0 Å². The fraction of sp³-hybridized carbons (Fsp3) is 0.400. The zero-order chi connectivity index (χ0) is 19.4. The lowest BCUT2D eigenvalue weighted by atomic mass is 9.69. The van der Waals surface area contributed by atoms with Crippen molar-refractivity contribution >= 4 is 62.3 Å². The third-order valence-electron chi connectivity index (χ3n) is 5.27. The normalized spacial score (nSPS) is 16.0. The molecule has 1 aliphatic rings.